The lowest BCUT2D eigenvalue weighted by atomic mass is 9.89. The maximum atomic E-state index is 11.8. The summed E-state index contributed by atoms with van der Waals surface area (Å²) in [7, 11) is 0. The first-order chi connectivity index (χ1) is 10.5. The van der Waals surface area contributed by atoms with Crippen molar-refractivity contribution in [2.75, 3.05) is 0 Å². The highest BCUT2D eigenvalue weighted by molar-refractivity contribution is 5.81. The molecule has 0 heterocycles. The fourth-order valence-electron chi connectivity index (χ4n) is 2.41. The molecule has 7 heteroatoms. The molecule has 0 unspecified atom stereocenters. The monoisotopic (exact) mass is 306 g/mol. The molecule has 7 nitrogen and oxygen atoms in total. The molecule has 2 atom stereocenters. The fourth-order valence-corrected chi connectivity index (χ4v) is 2.41. The molecule has 1 saturated carbocycles. The van der Waals surface area contributed by atoms with E-state index in [1.165, 1.54) is 0 Å². The molecular weight excluding hydrogens is 288 g/mol. The first-order valence-electron chi connectivity index (χ1n) is 7.03. The maximum Gasteiger partial charge on any atom is 0.407 e. The zero-order valence-corrected chi connectivity index (χ0v) is 12.0. The average Bonchev–Trinajstić information content (AvgIpc) is 2.48. The number of carbonyl (C=O) groups excluding carboxylic acids is 2. The molecule has 1 aliphatic rings. The molecular formula is C15H18N2O5. The Labute approximate surface area is 127 Å². The summed E-state index contributed by atoms with van der Waals surface area (Å²) in [6, 6.07) is 8.15. The minimum atomic E-state index is -1.22. The SMILES string of the molecule is O=C1CC[C@H](NC(=O)OCc2ccccc2)[C@H](NC(=O)O)C1. The van der Waals surface area contributed by atoms with Crippen LogP contribution in [0.2, 0.25) is 0 Å². The topological polar surface area (TPSA) is 105 Å². The molecule has 1 fully saturated rings. The number of Topliss-reactive ketones (excluding diaryl/α,β-unsaturated/α-hetero) is 1. The molecule has 2 rings (SSSR count). The van der Waals surface area contributed by atoms with Crippen molar-refractivity contribution in [3.05, 3.63) is 35.9 Å². The highest BCUT2D eigenvalue weighted by atomic mass is 16.5. The molecule has 0 saturated heterocycles. The summed E-state index contributed by atoms with van der Waals surface area (Å²) in [5.41, 5.74) is 0.858. The zero-order chi connectivity index (χ0) is 15.9. The Morgan fingerprint density at radius 2 is 1.91 bits per heavy atom. The smallest absolute Gasteiger partial charge is 0.407 e. The minimum Gasteiger partial charge on any atom is -0.465 e. The summed E-state index contributed by atoms with van der Waals surface area (Å²) in [4.78, 5) is 34.0. The highest BCUT2D eigenvalue weighted by Gasteiger charge is 2.31. The third-order valence-corrected chi connectivity index (χ3v) is 3.49. The summed E-state index contributed by atoms with van der Waals surface area (Å²) < 4.78 is 5.10. The average molecular weight is 306 g/mol. The van der Waals surface area contributed by atoms with Crippen LogP contribution >= 0.6 is 0 Å². The standard InChI is InChI=1S/C15H18N2O5/c18-11-6-7-12(13(8-11)16-14(19)20)17-15(21)22-9-10-4-2-1-3-5-10/h1-5,12-13,16H,6-9H2,(H,17,21)(H,19,20)/t12-,13+/m0/s1. The van der Waals surface area contributed by atoms with Gasteiger partial charge in [0, 0.05) is 12.8 Å². The molecule has 22 heavy (non-hydrogen) atoms. The normalized spacial score (nSPS) is 21.0. The van der Waals surface area contributed by atoms with Crippen LogP contribution in [0.1, 0.15) is 24.8 Å². The largest absolute Gasteiger partial charge is 0.465 e. The van der Waals surface area contributed by atoms with Crippen molar-refractivity contribution in [1.82, 2.24) is 10.6 Å². The van der Waals surface area contributed by atoms with E-state index < -0.39 is 24.3 Å². The van der Waals surface area contributed by atoms with Gasteiger partial charge in [-0.25, -0.2) is 9.59 Å². The first-order valence-corrected chi connectivity index (χ1v) is 7.03. The van der Waals surface area contributed by atoms with Crippen LogP contribution in [0.4, 0.5) is 9.59 Å². The maximum absolute atomic E-state index is 11.8. The van der Waals surface area contributed by atoms with Crippen molar-refractivity contribution in [2.45, 2.75) is 38.0 Å². The Morgan fingerprint density at radius 3 is 2.59 bits per heavy atom. The van der Waals surface area contributed by atoms with E-state index in [0.29, 0.717) is 12.8 Å². The number of hydrogen-bond donors (Lipinski definition) is 3. The molecule has 118 valence electrons. The van der Waals surface area contributed by atoms with E-state index in [9.17, 15) is 14.4 Å². The predicted octanol–water partition coefficient (Wildman–Crippen LogP) is 1.67. The molecule has 0 bridgehead atoms. The first kappa shape index (κ1) is 15.8. The van der Waals surface area contributed by atoms with Crippen LogP contribution in [0.25, 0.3) is 0 Å². The summed E-state index contributed by atoms with van der Waals surface area (Å²) in [6.07, 6.45) is -1.05. The summed E-state index contributed by atoms with van der Waals surface area (Å²) in [6.45, 7) is 0.134. The van der Waals surface area contributed by atoms with E-state index in [0.717, 1.165) is 5.56 Å². The number of nitrogens with one attached hydrogen (secondary N) is 2. The second-order valence-electron chi connectivity index (χ2n) is 5.15. The second kappa shape index (κ2) is 7.44. The summed E-state index contributed by atoms with van der Waals surface area (Å²) in [5.74, 6) is -0.0190. The van der Waals surface area contributed by atoms with Gasteiger partial charge in [0.25, 0.3) is 0 Å². The van der Waals surface area contributed by atoms with Gasteiger partial charge in [0.1, 0.15) is 12.4 Å². The Bertz CT molecular complexity index is 544. The fraction of sp³-hybridized carbons (Fsp3) is 0.400. The quantitative estimate of drug-likeness (QED) is 0.785. The van der Waals surface area contributed by atoms with Gasteiger partial charge in [0.15, 0.2) is 0 Å². The Morgan fingerprint density at radius 1 is 1.18 bits per heavy atom. The van der Waals surface area contributed by atoms with E-state index >= 15 is 0 Å². The molecule has 1 aromatic carbocycles. The van der Waals surface area contributed by atoms with Crippen LogP contribution in [-0.4, -0.2) is 35.2 Å². The third-order valence-electron chi connectivity index (χ3n) is 3.49. The van der Waals surface area contributed by atoms with Crippen LogP contribution in [-0.2, 0) is 16.1 Å². The van der Waals surface area contributed by atoms with Gasteiger partial charge < -0.3 is 20.5 Å². The third kappa shape index (κ3) is 4.76. The number of carboxylic acid groups (broad SMARTS) is 1. The molecule has 0 aromatic heterocycles. The lowest BCUT2D eigenvalue weighted by Crippen LogP contribution is -2.54. The number of hydrogen-bond acceptors (Lipinski definition) is 4. The van der Waals surface area contributed by atoms with Crippen molar-refractivity contribution in [1.29, 1.82) is 0 Å². The Hall–Kier alpha value is -2.57. The molecule has 1 aromatic rings. The summed E-state index contributed by atoms with van der Waals surface area (Å²) in [5, 5.41) is 13.7. The van der Waals surface area contributed by atoms with Gasteiger partial charge >= 0.3 is 12.2 Å². The van der Waals surface area contributed by atoms with Crippen molar-refractivity contribution < 1.29 is 24.2 Å². The van der Waals surface area contributed by atoms with Gasteiger partial charge in [0.05, 0.1) is 12.1 Å². The van der Waals surface area contributed by atoms with Crippen LogP contribution in [0.3, 0.4) is 0 Å². The number of ketones is 1. The van der Waals surface area contributed by atoms with Crippen molar-refractivity contribution >= 4 is 18.0 Å². The van der Waals surface area contributed by atoms with Crippen LogP contribution in [0, 0.1) is 0 Å². The number of carbonyl (C=O) groups is 3. The molecule has 0 radical (unpaired) electrons. The van der Waals surface area contributed by atoms with Crippen LogP contribution in [0.15, 0.2) is 30.3 Å². The van der Waals surface area contributed by atoms with E-state index in [2.05, 4.69) is 10.6 Å². The summed E-state index contributed by atoms with van der Waals surface area (Å²) >= 11 is 0. The number of amides is 2. The Balaban J connectivity index is 1.85. The van der Waals surface area contributed by atoms with Gasteiger partial charge in [-0.1, -0.05) is 30.3 Å². The van der Waals surface area contributed by atoms with E-state index in [-0.39, 0.29) is 18.8 Å². The van der Waals surface area contributed by atoms with E-state index in [1.807, 2.05) is 30.3 Å². The van der Waals surface area contributed by atoms with Gasteiger partial charge in [-0.15, -0.1) is 0 Å². The molecule has 3 N–H and O–H groups in total. The Kier molecular flexibility index (Phi) is 5.35. The van der Waals surface area contributed by atoms with Crippen molar-refractivity contribution in [3.63, 3.8) is 0 Å². The van der Waals surface area contributed by atoms with Gasteiger partial charge in [-0.3, -0.25) is 4.79 Å². The van der Waals surface area contributed by atoms with Crippen LogP contribution in [0.5, 0.6) is 0 Å². The number of ether oxygens (including phenoxy) is 1. The molecule has 1 aliphatic carbocycles. The molecule has 0 aliphatic heterocycles. The molecule has 2 amide bonds. The number of alkyl carbamates (subject to hydrolysis) is 1. The van der Waals surface area contributed by atoms with E-state index in [4.69, 9.17) is 9.84 Å². The number of benzene rings is 1. The van der Waals surface area contributed by atoms with Gasteiger partial charge in [0.2, 0.25) is 0 Å². The van der Waals surface area contributed by atoms with Crippen molar-refractivity contribution in [3.8, 4) is 0 Å². The van der Waals surface area contributed by atoms with Gasteiger partial charge in [-0.2, -0.15) is 0 Å². The highest BCUT2D eigenvalue weighted by Crippen LogP contribution is 2.16. The van der Waals surface area contributed by atoms with Gasteiger partial charge in [-0.05, 0) is 12.0 Å². The lowest BCUT2D eigenvalue weighted by molar-refractivity contribution is -0.121. The second-order valence-corrected chi connectivity index (χ2v) is 5.15. The predicted molar refractivity (Wildman–Crippen MR) is 77.4 cm³/mol. The van der Waals surface area contributed by atoms with Crippen LogP contribution < -0.4 is 10.6 Å². The van der Waals surface area contributed by atoms with E-state index in [1.54, 1.807) is 0 Å². The minimum absolute atomic E-state index is 0.0190. The lowest BCUT2D eigenvalue weighted by Gasteiger charge is -2.30. The number of rotatable bonds is 4. The van der Waals surface area contributed by atoms with Crippen molar-refractivity contribution in [2.24, 2.45) is 0 Å². The zero-order valence-electron chi connectivity index (χ0n) is 12.0. The molecule has 0 spiro atoms.